The normalized spacial score (nSPS) is 23.2. The van der Waals surface area contributed by atoms with Gasteiger partial charge in [-0.3, -0.25) is 0 Å². The van der Waals surface area contributed by atoms with Gasteiger partial charge in [-0.25, -0.2) is 0 Å². The number of rotatable bonds is 3. The first-order chi connectivity index (χ1) is 7.20. The Bertz CT molecular complexity index is 406. The second-order valence-corrected chi connectivity index (χ2v) is 4.27. The van der Waals surface area contributed by atoms with Crippen molar-refractivity contribution in [2.24, 2.45) is 11.8 Å². The topological polar surface area (TPSA) is 61.8 Å². The van der Waals surface area contributed by atoms with E-state index in [-0.39, 0.29) is 0 Å². The van der Waals surface area contributed by atoms with Crippen LogP contribution in [-0.2, 0) is 0 Å². The largest absolute Gasteiger partial charge is 0.399 e. The fraction of sp³-hybridized carbons (Fsp3) is 0.417. The molecule has 15 heavy (non-hydrogen) atoms. The van der Waals surface area contributed by atoms with Crippen molar-refractivity contribution < 1.29 is 0 Å². The van der Waals surface area contributed by atoms with Gasteiger partial charge in [0.15, 0.2) is 0 Å². The van der Waals surface area contributed by atoms with Crippen LogP contribution in [0.1, 0.15) is 18.9 Å². The molecule has 0 bridgehead atoms. The highest BCUT2D eigenvalue weighted by Crippen LogP contribution is 2.37. The van der Waals surface area contributed by atoms with Gasteiger partial charge in [-0.05, 0) is 36.5 Å². The first-order valence-electron chi connectivity index (χ1n) is 5.24. The maximum absolute atomic E-state index is 8.93. The third kappa shape index (κ3) is 2.21. The van der Waals surface area contributed by atoms with Gasteiger partial charge in [0.25, 0.3) is 0 Å². The number of nitriles is 1. The molecular weight excluding hydrogens is 186 g/mol. The predicted molar refractivity (Wildman–Crippen MR) is 61.3 cm³/mol. The first kappa shape index (κ1) is 9.85. The van der Waals surface area contributed by atoms with Gasteiger partial charge in [-0.1, -0.05) is 6.92 Å². The molecule has 0 amide bonds. The van der Waals surface area contributed by atoms with E-state index in [1.165, 1.54) is 6.42 Å². The lowest BCUT2D eigenvalue weighted by Gasteiger charge is -2.07. The number of nitrogens with one attached hydrogen (secondary N) is 1. The van der Waals surface area contributed by atoms with Crippen molar-refractivity contribution >= 4 is 11.4 Å². The van der Waals surface area contributed by atoms with Gasteiger partial charge in [-0.15, -0.1) is 0 Å². The summed E-state index contributed by atoms with van der Waals surface area (Å²) in [6, 6.07) is 7.55. The van der Waals surface area contributed by atoms with Gasteiger partial charge in [0, 0.05) is 12.2 Å². The van der Waals surface area contributed by atoms with Gasteiger partial charge in [0.05, 0.1) is 11.3 Å². The molecule has 1 aromatic rings. The summed E-state index contributed by atoms with van der Waals surface area (Å²) in [6.45, 7) is 3.21. The highest BCUT2D eigenvalue weighted by molar-refractivity contribution is 5.62. The number of anilines is 2. The maximum Gasteiger partial charge on any atom is 0.101 e. The van der Waals surface area contributed by atoms with Crippen LogP contribution >= 0.6 is 0 Å². The minimum atomic E-state index is 0.628. The number of hydrogen-bond acceptors (Lipinski definition) is 3. The molecule has 2 rings (SSSR count). The van der Waals surface area contributed by atoms with Crippen molar-refractivity contribution in [3.8, 4) is 6.07 Å². The van der Waals surface area contributed by atoms with Crippen LogP contribution < -0.4 is 11.1 Å². The summed E-state index contributed by atoms with van der Waals surface area (Å²) in [4.78, 5) is 0. The van der Waals surface area contributed by atoms with E-state index in [1.807, 2.05) is 12.1 Å². The van der Waals surface area contributed by atoms with Crippen LogP contribution in [0.3, 0.4) is 0 Å². The Morgan fingerprint density at radius 3 is 2.93 bits per heavy atom. The Morgan fingerprint density at radius 2 is 2.33 bits per heavy atom. The summed E-state index contributed by atoms with van der Waals surface area (Å²) in [6.07, 6.45) is 1.30. The van der Waals surface area contributed by atoms with Gasteiger partial charge in [-0.2, -0.15) is 5.26 Å². The van der Waals surface area contributed by atoms with E-state index in [0.717, 1.165) is 24.1 Å². The van der Waals surface area contributed by atoms with Gasteiger partial charge >= 0.3 is 0 Å². The quantitative estimate of drug-likeness (QED) is 0.737. The Kier molecular flexibility index (Phi) is 2.51. The molecule has 78 valence electrons. The fourth-order valence-corrected chi connectivity index (χ4v) is 1.73. The van der Waals surface area contributed by atoms with Gasteiger partial charge < -0.3 is 11.1 Å². The molecule has 1 aliphatic rings. The summed E-state index contributed by atoms with van der Waals surface area (Å²) in [5.74, 6) is 1.60. The average molecular weight is 201 g/mol. The molecule has 0 aliphatic heterocycles. The van der Waals surface area contributed by atoms with Crippen LogP contribution in [0, 0.1) is 23.2 Å². The molecule has 3 N–H and O–H groups in total. The number of nitrogens with zero attached hydrogens (tertiary/aromatic N) is 1. The third-order valence-electron chi connectivity index (χ3n) is 2.99. The second kappa shape index (κ2) is 3.82. The van der Waals surface area contributed by atoms with Gasteiger partial charge in [0.1, 0.15) is 6.07 Å². The van der Waals surface area contributed by atoms with Crippen molar-refractivity contribution in [1.82, 2.24) is 0 Å². The number of nitrogens with two attached hydrogens (primary N) is 1. The Labute approximate surface area is 89.9 Å². The zero-order chi connectivity index (χ0) is 10.8. The van der Waals surface area contributed by atoms with E-state index in [2.05, 4.69) is 18.3 Å². The number of nitrogen functional groups attached to an aromatic ring is 1. The monoisotopic (exact) mass is 201 g/mol. The zero-order valence-electron chi connectivity index (χ0n) is 8.83. The molecule has 0 radical (unpaired) electrons. The Morgan fingerprint density at radius 1 is 1.60 bits per heavy atom. The van der Waals surface area contributed by atoms with Crippen LogP contribution in [0.2, 0.25) is 0 Å². The molecule has 1 saturated carbocycles. The molecule has 1 aromatic carbocycles. The summed E-state index contributed by atoms with van der Waals surface area (Å²) < 4.78 is 0. The van der Waals surface area contributed by atoms with E-state index < -0.39 is 0 Å². The Hall–Kier alpha value is -1.69. The fourth-order valence-electron chi connectivity index (χ4n) is 1.73. The van der Waals surface area contributed by atoms with E-state index >= 15 is 0 Å². The molecule has 0 saturated heterocycles. The SMILES string of the molecule is CC1CC1CNc1ccc(N)cc1C#N. The number of benzene rings is 1. The lowest BCUT2D eigenvalue weighted by molar-refractivity contribution is 0.787. The molecule has 3 heteroatoms. The molecule has 3 nitrogen and oxygen atoms in total. The van der Waals surface area contributed by atoms with Crippen molar-refractivity contribution in [2.45, 2.75) is 13.3 Å². The van der Waals surface area contributed by atoms with Crippen LogP contribution in [-0.4, -0.2) is 6.54 Å². The van der Waals surface area contributed by atoms with E-state index in [9.17, 15) is 0 Å². The molecule has 2 unspecified atom stereocenters. The highest BCUT2D eigenvalue weighted by Gasteiger charge is 2.31. The molecule has 1 aliphatic carbocycles. The molecule has 2 atom stereocenters. The molecule has 0 heterocycles. The minimum absolute atomic E-state index is 0.628. The predicted octanol–water partition coefficient (Wildman–Crippen LogP) is 2.21. The summed E-state index contributed by atoms with van der Waals surface area (Å²) in [7, 11) is 0. The highest BCUT2D eigenvalue weighted by atomic mass is 14.9. The first-order valence-corrected chi connectivity index (χ1v) is 5.24. The summed E-state index contributed by atoms with van der Waals surface area (Å²) in [5.41, 5.74) is 7.77. The third-order valence-corrected chi connectivity index (χ3v) is 2.99. The zero-order valence-corrected chi connectivity index (χ0v) is 8.83. The van der Waals surface area contributed by atoms with Crippen molar-refractivity contribution in [1.29, 1.82) is 5.26 Å². The smallest absolute Gasteiger partial charge is 0.101 e. The summed E-state index contributed by atoms with van der Waals surface area (Å²) >= 11 is 0. The Balaban J connectivity index is 2.04. The average Bonchev–Trinajstić information content (AvgIpc) is 2.92. The van der Waals surface area contributed by atoms with E-state index in [0.29, 0.717) is 11.3 Å². The maximum atomic E-state index is 8.93. The molecule has 0 spiro atoms. The van der Waals surface area contributed by atoms with E-state index in [4.69, 9.17) is 11.0 Å². The van der Waals surface area contributed by atoms with Crippen LogP contribution in [0.4, 0.5) is 11.4 Å². The minimum Gasteiger partial charge on any atom is -0.399 e. The van der Waals surface area contributed by atoms with Crippen LogP contribution in [0.5, 0.6) is 0 Å². The lowest BCUT2D eigenvalue weighted by atomic mass is 10.1. The van der Waals surface area contributed by atoms with Crippen molar-refractivity contribution in [3.63, 3.8) is 0 Å². The summed E-state index contributed by atoms with van der Waals surface area (Å²) in [5, 5.41) is 12.2. The second-order valence-electron chi connectivity index (χ2n) is 4.27. The van der Waals surface area contributed by atoms with E-state index in [1.54, 1.807) is 6.07 Å². The number of hydrogen-bond donors (Lipinski definition) is 2. The van der Waals surface area contributed by atoms with Crippen molar-refractivity contribution in [3.05, 3.63) is 23.8 Å². The standard InChI is InChI=1S/C12H15N3/c1-8-4-10(8)7-15-12-3-2-11(14)5-9(12)6-13/h2-3,5,8,10,15H,4,7,14H2,1H3. The van der Waals surface area contributed by atoms with Crippen molar-refractivity contribution in [2.75, 3.05) is 17.6 Å². The van der Waals surface area contributed by atoms with Crippen LogP contribution in [0.15, 0.2) is 18.2 Å². The molecule has 0 aromatic heterocycles. The lowest BCUT2D eigenvalue weighted by Crippen LogP contribution is -2.06. The molecule has 1 fully saturated rings. The van der Waals surface area contributed by atoms with Crippen LogP contribution in [0.25, 0.3) is 0 Å². The molecular formula is C12H15N3. The van der Waals surface area contributed by atoms with Gasteiger partial charge in [0.2, 0.25) is 0 Å².